The van der Waals surface area contributed by atoms with Crippen molar-refractivity contribution < 1.29 is 9.53 Å². The van der Waals surface area contributed by atoms with Gasteiger partial charge in [0, 0.05) is 11.6 Å². The molecule has 0 aliphatic heterocycles. The van der Waals surface area contributed by atoms with Crippen LogP contribution in [-0.4, -0.2) is 17.6 Å². The third-order valence-electron chi connectivity index (χ3n) is 3.05. The molecular formula is C15H14N2O2. The molecule has 0 fully saturated rings. The molecule has 1 unspecified atom stereocenters. The first-order valence-corrected chi connectivity index (χ1v) is 6.06. The van der Waals surface area contributed by atoms with E-state index in [1.165, 1.54) is 0 Å². The molecule has 0 aliphatic carbocycles. The van der Waals surface area contributed by atoms with E-state index in [2.05, 4.69) is 4.98 Å². The Morgan fingerprint density at radius 1 is 1.42 bits per heavy atom. The van der Waals surface area contributed by atoms with Crippen molar-refractivity contribution in [1.29, 1.82) is 5.26 Å². The molecule has 0 spiro atoms. The summed E-state index contributed by atoms with van der Waals surface area (Å²) in [7, 11) is 0. The Balaban J connectivity index is 2.65. The molecule has 2 rings (SSSR count). The van der Waals surface area contributed by atoms with Crippen LogP contribution in [0.1, 0.15) is 19.5 Å². The SMILES string of the molecule is CCOC(=O)C(C)(C#N)c1nccc2ccccc12. The lowest BCUT2D eigenvalue weighted by Crippen LogP contribution is -2.34. The summed E-state index contributed by atoms with van der Waals surface area (Å²) >= 11 is 0. The third kappa shape index (κ3) is 2.15. The fourth-order valence-corrected chi connectivity index (χ4v) is 1.99. The molecule has 0 amide bonds. The lowest BCUT2D eigenvalue weighted by atomic mass is 9.85. The number of carbonyl (C=O) groups is 1. The molecule has 19 heavy (non-hydrogen) atoms. The van der Waals surface area contributed by atoms with Gasteiger partial charge >= 0.3 is 5.97 Å². The molecule has 1 atom stereocenters. The average molecular weight is 254 g/mol. The quantitative estimate of drug-likeness (QED) is 0.790. The normalized spacial score (nSPS) is 13.5. The molecule has 0 aliphatic rings. The fourth-order valence-electron chi connectivity index (χ4n) is 1.99. The van der Waals surface area contributed by atoms with E-state index < -0.39 is 11.4 Å². The molecule has 0 saturated carbocycles. The maximum atomic E-state index is 12.1. The number of esters is 1. The number of fused-ring (bicyclic) bond motifs is 1. The first-order chi connectivity index (χ1) is 9.13. The topological polar surface area (TPSA) is 63.0 Å². The number of carbonyl (C=O) groups excluding carboxylic acids is 1. The van der Waals surface area contributed by atoms with Gasteiger partial charge in [-0.1, -0.05) is 24.3 Å². The Hall–Kier alpha value is -2.41. The molecule has 96 valence electrons. The van der Waals surface area contributed by atoms with Gasteiger partial charge in [-0.15, -0.1) is 0 Å². The van der Waals surface area contributed by atoms with Crippen molar-refractivity contribution in [3.63, 3.8) is 0 Å². The monoisotopic (exact) mass is 254 g/mol. The zero-order chi connectivity index (χ0) is 13.9. The highest BCUT2D eigenvalue weighted by Gasteiger charge is 2.39. The molecular weight excluding hydrogens is 240 g/mol. The van der Waals surface area contributed by atoms with Crippen LogP contribution in [0.4, 0.5) is 0 Å². The van der Waals surface area contributed by atoms with Gasteiger partial charge in [0.05, 0.1) is 18.4 Å². The lowest BCUT2D eigenvalue weighted by Gasteiger charge is -2.20. The number of rotatable bonds is 3. The molecule has 1 aromatic heterocycles. The third-order valence-corrected chi connectivity index (χ3v) is 3.05. The van der Waals surface area contributed by atoms with Crippen molar-refractivity contribution in [2.24, 2.45) is 0 Å². The first-order valence-electron chi connectivity index (χ1n) is 6.06. The number of nitriles is 1. The van der Waals surface area contributed by atoms with Crippen LogP contribution in [0.2, 0.25) is 0 Å². The largest absolute Gasteiger partial charge is 0.465 e. The van der Waals surface area contributed by atoms with E-state index >= 15 is 0 Å². The van der Waals surface area contributed by atoms with E-state index in [4.69, 9.17) is 4.74 Å². The number of nitrogens with zero attached hydrogens (tertiary/aromatic N) is 2. The Kier molecular flexibility index (Phi) is 3.48. The van der Waals surface area contributed by atoms with Gasteiger partial charge in [0.2, 0.25) is 0 Å². The van der Waals surface area contributed by atoms with Gasteiger partial charge < -0.3 is 4.74 Å². The second-order valence-corrected chi connectivity index (χ2v) is 4.34. The Morgan fingerprint density at radius 3 is 2.84 bits per heavy atom. The second-order valence-electron chi connectivity index (χ2n) is 4.34. The molecule has 0 radical (unpaired) electrons. The molecule has 0 bridgehead atoms. The van der Waals surface area contributed by atoms with Crippen LogP contribution in [0.25, 0.3) is 10.8 Å². The number of pyridine rings is 1. The van der Waals surface area contributed by atoms with Crippen LogP contribution in [0.3, 0.4) is 0 Å². The highest BCUT2D eigenvalue weighted by molar-refractivity contribution is 5.94. The number of hydrogen-bond acceptors (Lipinski definition) is 4. The number of aromatic nitrogens is 1. The van der Waals surface area contributed by atoms with E-state index in [-0.39, 0.29) is 6.61 Å². The van der Waals surface area contributed by atoms with Gasteiger partial charge in [-0.2, -0.15) is 5.26 Å². The summed E-state index contributed by atoms with van der Waals surface area (Å²) in [5.74, 6) is -0.568. The zero-order valence-electron chi connectivity index (χ0n) is 10.9. The lowest BCUT2D eigenvalue weighted by molar-refractivity contribution is -0.147. The molecule has 1 aromatic carbocycles. The summed E-state index contributed by atoms with van der Waals surface area (Å²) in [6.07, 6.45) is 1.60. The maximum Gasteiger partial charge on any atom is 0.332 e. The number of benzene rings is 1. The Labute approximate surface area is 111 Å². The highest BCUT2D eigenvalue weighted by Crippen LogP contribution is 2.29. The van der Waals surface area contributed by atoms with Crippen molar-refractivity contribution in [1.82, 2.24) is 4.98 Å². The molecule has 2 aromatic rings. The first kappa shape index (κ1) is 13.0. The molecule has 0 saturated heterocycles. The summed E-state index contributed by atoms with van der Waals surface area (Å²) < 4.78 is 5.00. The summed E-state index contributed by atoms with van der Waals surface area (Å²) in [5, 5.41) is 11.1. The van der Waals surface area contributed by atoms with Crippen LogP contribution < -0.4 is 0 Å². The minimum atomic E-state index is -1.39. The van der Waals surface area contributed by atoms with Gasteiger partial charge in [-0.05, 0) is 25.3 Å². The van der Waals surface area contributed by atoms with Gasteiger partial charge in [-0.25, -0.2) is 4.79 Å². The average Bonchev–Trinajstić information content (AvgIpc) is 2.46. The highest BCUT2D eigenvalue weighted by atomic mass is 16.5. The Morgan fingerprint density at radius 2 is 2.16 bits per heavy atom. The van der Waals surface area contributed by atoms with E-state index in [9.17, 15) is 10.1 Å². The maximum absolute atomic E-state index is 12.1. The van der Waals surface area contributed by atoms with Gasteiger partial charge in [0.1, 0.15) is 0 Å². The predicted octanol–water partition coefficient (Wildman–Crippen LogP) is 2.58. The van der Waals surface area contributed by atoms with Crippen molar-refractivity contribution in [3.8, 4) is 6.07 Å². The summed E-state index contributed by atoms with van der Waals surface area (Å²) in [6.45, 7) is 3.49. The van der Waals surface area contributed by atoms with Crippen LogP contribution in [0, 0.1) is 11.3 Å². The minimum absolute atomic E-state index is 0.237. The summed E-state index contributed by atoms with van der Waals surface area (Å²) in [6, 6.07) is 11.4. The van der Waals surface area contributed by atoms with Crippen molar-refractivity contribution in [2.75, 3.05) is 6.61 Å². The van der Waals surface area contributed by atoms with Crippen LogP contribution in [-0.2, 0) is 14.9 Å². The minimum Gasteiger partial charge on any atom is -0.465 e. The van der Waals surface area contributed by atoms with E-state index in [1.807, 2.05) is 36.4 Å². The molecule has 0 N–H and O–H groups in total. The summed E-state index contributed by atoms with van der Waals surface area (Å²) in [5.41, 5.74) is -0.955. The van der Waals surface area contributed by atoms with Crippen LogP contribution in [0.5, 0.6) is 0 Å². The van der Waals surface area contributed by atoms with Crippen LogP contribution in [0.15, 0.2) is 36.5 Å². The van der Waals surface area contributed by atoms with Crippen molar-refractivity contribution in [2.45, 2.75) is 19.3 Å². The number of hydrogen-bond donors (Lipinski definition) is 0. The smallest absolute Gasteiger partial charge is 0.332 e. The molecule has 4 nitrogen and oxygen atoms in total. The number of ether oxygens (including phenoxy) is 1. The van der Waals surface area contributed by atoms with E-state index in [1.54, 1.807) is 20.0 Å². The summed E-state index contributed by atoms with van der Waals surface area (Å²) in [4.78, 5) is 16.3. The zero-order valence-corrected chi connectivity index (χ0v) is 10.9. The van der Waals surface area contributed by atoms with Gasteiger partial charge in [0.25, 0.3) is 0 Å². The molecule has 4 heteroatoms. The fraction of sp³-hybridized carbons (Fsp3) is 0.267. The standard InChI is InChI=1S/C15H14N2O2/c1-3-19-14(18)15(2,10-16)13-12-7-5-4-6-11(12)8-9-17-13/h4-9H,3H2,1-2H3. The molecule has 1 heterocycles. The second kappa shape index (κ2) is 5.07. The van der Waals surface area contributed by atoms with Gasteiger partial charge in [0.15, 0.2) is 5.41 Å². The van der Waals surface area contributed by atoms with Crippen LogP contribution >= 0.6 is 0 Å². The van der Waals surface area contributed by atoms with Crippen molar-refractivity contribution >= 4 is 16.7 Å². The van der Waals surface area contributed by atoms with E-state index in [0.717, 1.165) is 10.8 Å². The van der Waals surface area contributed by atoms with E-state index in [0.29, 0.717) is 5.69 Å². The Bertz CT molecular complexity index is 655. The van der Waals surface area contributed by atoms with Crippen molar-refractivity contribution in [3.05, 3.63) is 42.2 Å². The van der Waals surface area contributed by atoms with Gasteiger partial charge in [-0.3, -0.25) is 4.98 Å². The predicted molar refractivity (Wildman–Crippen MR) is 71.3 cm³/mol.